The Hall–Kier alpha value is -1.36. The van der Waals surface area contributed by atoms with E-state index in [4.69, 9.17) is 0 Å². The molecular weight excluding hydrogens is 194 g/mol. The normalized spacial score (nSPS) is 16.2. The predicted molar refractivity (Wildman–Crippen MR) is 54.6 cm³/mol. The number of hydrogen-bond donors (Lipinski definition) is 0. The van der Waals surface area contributed by atoms with Crippen LogP contribution in [0.15, 0.2) is 0 Å². The molecule has 0 amide bonds. The Balaban J connectivity index is 2.40. The summed E-state index contributed by atoms with van der Waals surface area (Å²) in [5.74, 6) is 0.0346. The van der Waals surface area contributed by atoms with Crippen LogP contribution in [0.5, 0.6) is 0 Å². The molecule has 2 heterocycles. The van der Waals surface area contributed by atoms with Crippen LogP contribution in [0.2, 0.25) is 0 Å². The van der Waals surface area contributed by atoms with Gasteiger partial charge in [-0.05, 0) is 7.05 Å². The summed E-state index contributed by atoms with van der Waals surface area (Å²) in [6, 6.07) is 0. The van der Waals surface area contributed by atoms with Gasteiger partial charge in [-0.15, -0.1) is 0 Å². The molecule has 0 fully saturated rings. The number of likely N-dealkylation sites (N-methyl/N-ethyl adjacent to an activating group) is 1. The summed E-state index contributed by atoms with van der Waals surface area (Å²) in [6.45, 7) is 1.81. The maximum atomic E-state index is 11.4. The van der Waals surface area contributed by atoms with Crippen molar-refractivity contribution in [2.45, 2.75) is 13.0 Å². The lowest BCUT2D eigenvalue weighted by atomic mass is 10.1. The number of nitrogens with zero attached hydrogens (tertiary/aromatic N) is 3. The van der Waals surface area contributed by atoms with Gasteiger partial charge in [-0.2, -0.15) is 0 Å². The van der Waals surface area contributed by atoms with Crippen molar-refractivity contribution >= 4 is 5.97 Å². The molecule has 5 nitrogen and oxygen atoms in total. The molecule has 2 rings (SSSR count). The molecule has 0 saturated heterocycles. The van der Waals surface area contributed by atoms with Crippen LogP contribution in [0, 0.1) is 0 Å². The molecule has 0 radical (unpaired) electrons. The SMILES string of the molecule is COC(=O)c1nc2c(n1C)CCN(C)C2. The molecule has 82 valence electrons. The summed E-state index contributed by atoms with van der Waals surface area (Å²) < 4.78 is 6.53. The van der Waals surface area contributed by atoms with Crippen LogP contribution in [0.3, 0.4) is 0 Å². The molecule has 0 N–H and O–H groups in total. The summed E-state index contributed by atoms with van der Waals surface area (Å²) in [5.41, 5.74) is 2.14. The molecule has 15 heavy (non-hydrogen) atoms. The van der Waals surface area contributed by atoms with Crippen molar-refractivity contribution in [3.8, 4) is 0 Å². The molecule has 1 aromatic rings. The van der Waals surface area contributed by atoms with E-state index in [1.54, 1.807) is 0 Å². The highest BCUT2D eigenvalue weighted by Crippen LogP contribution is 2.18. The van der Waals surface area contributed by atoms with Crippen molar-refractivity contribution in [3.63, 3.8) is 0 Å². The van der Waals surface area contributed by atoms with Crippen LogP contribution in [-0.2, 0) is 24.8 Å². The molecule has 0 aromatic carbocycles. The highest BCUT2D eigenvalue weighted by Gasteiger charge is 2.23. The van der Waals surface area contributed by atoms with Gasteiger partial charge in [-0.1, -0.05) is 0 Å². The number of esters is 1. The second-order valence-electron chi connectivity index (χ2n) is 3.87. The van der Waals surface area contributed by atoms with Crippen molar-refractivity contribution in [1.29, 1.82) is 0 Å². The molecule has 0 unspecified atom stereocenters. The molecule has 0 aliphatic carbocycles. The van der Waals surface area contributed by atoms with Gasteiger partial charge in [0.1, 0.15) is 0 Å². The molecule has 0 bridgehead atoms. The summed E-state index contributed by atoms with van der Waals surface area (Å²) in [7, 11) is 5.29. The Labute approximate surface area is 88.7 Å². The van der Waals surface area contributed by atoms with Crippen LogP contribution in [0.4, 0.5) is 0 Å². The van der Waals surface area contributed by atoms with Crippen molar-refractivity contribution in [3.05, 3.63) is 17.2 Å². The first-order chi connectivity index (χ1) is 7.13. The van der Waals surface area contributed by atoms with Crippen molar-refractivity contribution in [2.75, 3.05) is 20.7 Å². The van der Waals surface area contributed by atoms with E-state index in [1.165, 1.54) is 7.11 Å². The number of methoxy groups -OCH3 is 1. The second kappa shape index (κ2) is 3.66. The Morgan fingerprint density at radius 1 is 1.47 bits per heavy atom. The van der Waals surface area contributed by atoms with E-state index in [1.807, 2.05) is 11.6 Å². The zero-order chi connectivity index (χ0) is 11.0. The van der Waals surface area contributed by atoms with Crippen molar-refractivity contribution in [2.24, 2.45) is 7.05 Å². The molecule has 0 atom stereocenters. The van der Waals surface area contributed by atoms with Crippen LogP contribution in [0.25, 0.3) is 0 Å². The predicted octanol–water partition coefficient (Wildman–Crippen LogP) is 0.195. The third-order valence-electron chi connectivity index (χ3n) is 2.81. The highest BCUT2D eigenvalue weighted by molar-refractivity contribution is 5.85. The van der Waals surface area contributed by atoms with Gasteiger partial charge < -0.3 is 14.2 Å². The van der Waals surface area contributed by atoms with Gasteiger partial charge in [0.25, 0.3) is 0 Å². The van der Waals surface area contributed by atoms with Crippen LogP contribution >= 0.6 is 0 Å². The van der Waals surface area contributed by atoms with E-state index in [-0.39, 0.29) is 5.97 Å². The van der Waals surface area contributed by atoms with E-state index in [2.05, 4.69) is 21.7 Å². The monoisotopic (exact) mass is 209 g/mol. The Morgan fingerprint density at radius 2 is 2.20 bits per heavy atom. The zero-order valence-electron chi connectivity index (χ0n) is 9.28. The van der Waals surface area contributed by atoms with E-state index in [0.717, 1.165) is 30.9 Å². The van der Waals surface area contributed by atoms with Crippen LogP contribution < -0.4 is 0 Å². The first-order valence-electron chi connectivity index (χ1n) is 4.94. The first-order valence-corrected chi connectivity index (χ1v) is 4.94. The summed E-state index contributed by atoms with van der Waals surface area (Å²) in [6.07, 6.45) is 0.937. The summed E-state index contributed by atoms with van der Waals surface area (Å²) in [5, 5.41) is 0. The number of carbonyl (C=O) groups excluding carboxylic acids is 1. The number of fused-ring (bicyclic) bond motifs is 1. The third kappa shape index (κ3) is 1.63. The molecule has 0 spiro atoms. The quantitative estimate of drug-likeness (QED) is 0.620. The maximum absolute atomic E-state index is 11.4. The van der Waals surface area contributed by atoms with Crippen molar-refractivity contribution < 1.29 is 9.53 Å². The maximum Gasteiger partial charge on any atom is 0.374 e. The topological polar surface area (TPSA) is 47.4 Å². The highest BCUT2D eigenvalue weighted by atomic mass is 16.5. The zero-order valence-corrected chi connectivity index (χ0v) is 9.28. The number of hydrogen-bond acceptors (Lipinski definition) is 4. The van der Waals surface area contributed by atoms with Gasteiger partial charge in [0.2, 0.25) is 5.82 Å². The minimum absolute atomic E-state index is 0.366. The van der Waals surface area contributed by atoms with E-state index < -0.39 is 0 Å². The lowest BCUT2D eigenvalue weighted by molar-refractivity contribution is 0.0582. The van der Waals surface area contributed by atoms with E-state index >= 15 is 0 Å². The van der Waals surface area contributed by atoms with E-state index in [9.17, 15) is 4.79 Å². The summed E-state index contributed by atoms with van der Waals surface area (Å²) in [4.78, 5) is 17.9. The van der Waals surface area contributed by atoms with E-state index in [0.29, 0.717) is 5.82 Å². The molecule has 1 aromatic heterocycles. The van der Waals surface area contributed by atoms with Gasteiger partial charge in [0.05, 0.1) is 12.8 Å². The Morgan fingerprint density at radius 3 is 2.87 bits per heavy atom. The lowest BCUT2D eigenvalue weighted by Gasteiger charge is -2.21. The van der Waals surface area contributed by atoms with Gasteiger partial charge in [-0.3, -0.25) is 0 Å². The van der Waals surface area contributed by atoms with Crippen LogP contribution in [0.1, 0.15) is 22.0 Å². The fourth-order valence-corrected chi connectivity index (χ4v) is 1.93. The average molecular weight is 209 g/mol. The average Bonchev–Trinajstić information content (AvgIpc) is 2.54. The molecule has 5 heteroatoms. The number of aromatic nitrogens is 2. The van der Waals surface area contributed by atoms with Crippen molar-refractivity contribution in [1.82, 2.24) is 14.5 Å². The van der Waals surface area contributed by atoms with Gasteiger partial charge >= 0.3 is 5.97 Å². The Bertz CT molecular complexity index is 398. The number of ether oxygens (including phenoxy) is 1. The van der Waals surface area contributed by atoms with Gasteiger partial charge in [0.15, 0.2) is 0 Å². The number of imidazole rings is 1. The smallest absolute Gasteiger partial charge is 0.374 e. The summed E-state index contributed by atoms with van der Waals surface area (Å²) >= 11 is 0. The lowest BCUT2D eigenvalue weighted by Crippen LogP contribution is -2.27. The standard InChI is InChI=1S/C10H15N3O2/c1-12-5-4-8-7(6-12)11-9(13(8)2)10(14)15-3/h4-6H2,1-3H3. The molecular formula is C10H15N3O2. The molecule has 1 aliphatic rings. The minimum atomic E-state index is -0.366. The fraction of sp³-hybridized carbons (Fsp3) is 0.600. The third-order valence-corrected chi connectivity index (χ3v) is 2.81. The van der Waals surface area contributed by atoms with Gasteiger partial charge in [-0.25, -0.2) is 9.78 Å². The first kappa shape index (κ1) is 10.2. The van der Waals surface area contributed by atoms with Crippen LogP contribution in [-0.4, -0.2) is 41.1 Å². The number of rotatable bonds is 1. The molecule has 1 aliphatic heterocycles. The fourth-order valence-electron chi connectivity index (χ4n) is 1.93. The van der Waals surface area contributed by atoms with Gasteiger partial charge in [0, 0.05) is 32.3 Å². The second-order valence-corrected chi connectivity index (χ2v) is 3.87. The molecule has 0 saturated carbocycles. The minimum Gasteiger partial charge on any atom is -0.463 e. The largest absolute Gasteiger partial charge is 0.463 e. The number of carbonyl (C=O) groups is 1. The Kier molecular flexibility index (Phi) is 2.48.